The van der Waals surface area contributed by atoms with E-state index >= 15 is 0 Å². The number of nitrogens with one attached hydrogen (secondary N) is 13. The molecule has 0 aliphatic carbocycles. The molecular formula is C84H135N19O27S. The number of likely N-dealkylation sites (tertiary alicyclic amines) is 3. The molecule has 1 aromatic rings. The molecule has 46 nitrogen and oxygen atoms in total. The van der Waals surface area contributed by atoms with Gasteiger partial charge in [0.2, 0.25) is 100 Å². The molecule has 0 radical (unpaired) electrons. The zero-order valence-corrected chi connectivity index (χ0v) is 76.7. The second-order valence-corrected chi connectivity index (χ2v) is 35.2. The van der Waals surface area contributed by atoms with Crippen molar-refractivity contribution in [2.45, 2.75) is 306 Å². The molecule has 3 aliphatic rings. The maximum Gasteiger partial charge on any atom is 0.328 e. The van der Waals surface area contributed by atoms with Crippen LogP contribution in [0.15, 0.2) is 30.3 Å². The minimum Gasteiger partial charge on any atom is -0.481 e. The number of hydrogen-bond acceptors (Lipinski definition) is 27. The van der Waals surface area contributed by atoms with Gasteiger partial charge in [-0.25, -0.2) is 4.79 Å². The predicted molar refractivity (Wildman–Crippen MR) is 470 cm³/mol. The van der Waals surface area contributed by atoms with E-state index < -0.39 is 289 Å². The zero-order chi connectivity index (χ0) is 98.5. The molecule has 21 atom stereocenters. The van der Waals surface area contributed by atoms with Gasteiger partial charge in [0.1, 0.15) is 96.7 Å². The minimum atomic E-state index is -2.14. The van der Waals surface area contributed by atoms with Crippen LogP contribution in [-0.4, -0.2) is 335 Å². The summed E-state index contributed by atoms with van der Waals surface area (Å²) in [4.78, 5) is 279. The van der Waals surface area contributed by atoms with Crippen molar-refractivity contribution >= 4 is 130 Å². The number of nitrogens with two attached hydrogens (primary N) is 3. The quantitative estimate of drug-likeness (QED) is 0.0270. The van der Waals surface area contributed by atoms with Gasteiger partial charge in [-0.2, -0.15) is 11.8 Å². The summed E-state index contributed by atoms with van der Waals surface area (Å²) in [7, 11) is 0. The van der Waals surface area contributed by atoms with Gasteiger partial charge in [-0.05, 0) is 147 Å². The Kier molecular flexibility index (Phi) is 47.2. The van der Waals surface area contributed by atoms with E-state index in [1.54, 1.807) is 78.1 Å². The van der Waals surface area contributed by atoms with Crippen molar-refractivity contribution in [3.63, 3.8) is 0 Å². The van der Waals surface area contributed by atoms with Crippen LogP contribution in [0.2, 0.25) is 0 Å². The molecule has 47 heteroatoms. The molecule has 3 fully saturated rings. The highest BCUT2D eigenvalue weighted by molar-refractivity contribution is 7.98. The molecule has 131 heavy (non-hydrogen) atoms. The number of unbranched alkanes of at least 4 members (excludes halogenated alkanes) is 1. The third-order valence-electron chi connectivity index (χ3n) is 22.5. The standard InChI is InChI=1S/C84H135N19O27S/c1-12-43(6)64(97-68(113)49(86)23-16-17-30-85)77(122)95-55(38-61(87)108)73(118)99-67(47(10)107)80(125)90-51(29-34-131-11)82(127)103-33-20-26-60(103)83(128)102-32-19-25-59(102)75(120)94-54(37-48-21-14-13-15-22-48)71(116)92-52(35-41(2)3)70(115)93-56(39-63(111)112)74(119)100-66(46(9)106)79(124)89-50(27-28-62(109)110)69(114)91-53(36-42(4)5)72(117)98-65(45(8)105)78(123)88-44(7)81(126)101-31-18-24-58(101)76(121)96-57(40-104)84(129)130/h13-15,21-22,41-47,49-60,64-67,104-107H,12,16-20,23-40,85-86H2,1-11H3,(H2,87,108)(H,88,123)(H,89,124)(H,90,125)(H,91,114)(H,92,116)(H,93,115)(H,94,120)(H,95,122)(H,96,121)(H,97,113)(H,98,117)(H,99,118)(H,100,119)(H,109,110)(H,111,112)(H,129,130)/t43-,44-,45+,46+,47+,49-,50-,51-,52-,53-,54-,55-,56-,57-,58-,59-,60-,64-,65-,66-,67-/m0/s1. The Labute approximate surface area is 763 Å². The van der Waals surface area contributed by atoms with Gasteiger partial charge >= 0.3 is 17.9 Å². The normalized spacial score (nSPS) is 19.0. The first-order valence-corrected chi connectivity index (χ1v) is 45.5. The van der Waals surface area contributed by atoms with Crippen LogP contribution in [0.25, 0.3) is 0 Å². The fourth-order valence-electron chi connectivity index (χ4n) is 15.1. The van der Waals surface area contributed by atoms with E-state index in [2.05, 4.69) is 69.1 Å². The summed E-state index contributed by atoms with van der Waals surface area (Å²) < 4.78 is 0. The molecule has 0 saturated carbocycles. The average Bonchev–Trinajstić information content (AvgIpc) is 1.66. The van der Waals surface area contributed by atoms with Gasteiger partial charge < -0.3 is 137 Å². The Balaban J connectivity index is 1.55. The number of amides is 17. The molecule has 1 aromatic carbocycles. The van der Waals surface area contributed by atoms with Gasteiger partial charge in [-0.15, -0.1) is 0 Å². The molecule has 26 N–H and O–H groups in total. The first-order chi connectivity index (χ1) is 61.6. The van der Waals surface area contributed by atoms with Crippen LogP contribution in [0.1, 0.15) is 184 Å². The summed E-state index contributed by atoms with van der Waals surface area (Å²) in [6, 6.07) is -18.7. The van der Waals surface area contributed by atoms with E-state index in [1.807, 2.05) is 0 Å². The number of aliphatic hydroxyl groups excluding tert-OH is 4. The van der Waals surface area contributed by atoms with Crippen molar-refractivity contribution in [2.75, 3.05) is 44.8 Å². The number of aliphatic hydroxyl groups is 4. The third-order valence-corrected chi connectivity index (χ3v) is 23.1. The van der Waals surface area contributed by atoms with Crippen LogP contribution in [0, 0.1) is 17.8 Å². The predicted octanol–water partition coefficient (Wildman–Crippen LogP) is -6.69. The molecule has 17 amide bonds. The summed E-state index contributed by atoms with van der Waals surface area (Å²) in [5.74, 6) is -23.2. The lowest BCUT2D eigenvalue weighted by Crippen LogP contribution is -2.63. The van der Waals surface area contributed by atoms with E-state index in [1.165, 1.54) is 28.5 Å². The van der Waals surface area contributed by atoms with E-state index in [9.17, 15) is 132 Å². The molecule has 3 aliphatic heterocycles. The highest BCUT2D eigenvalue weighted by Gasteiger charge is 2.47. The number of carboxylic acids is 3. The number of carbonyl (C=O) groups is 20. The molecule has 3 heterocycles. The van der Waals surface area contributed by atoms with Crippen molar-refractivity contribution in [1.82, 2.24) is 83.8 Å². The highest BCUT2D eigenvalue weighted by Crippen LogP contribution is 2.28. The van der Waals surface area contributed by atoms with Crippen molar-refractivity contribution in [2.24, 2.45) is 35.0 Å². The summed E-state index contributed by atoms with van der Waals surface area (Å²) in [5, 5.41) is 103. The Morgan fingerprint density at radius 2 is 0.855 bits per heavy atom. The largest absolute Gasteiger partial charge is 0.481 e. The Morgan fingerprint density at radius 1 is 0.443 bits per heavy atom. The van der Waals surface area contributed by atoms with E-state index in [0.717, 1.165) is 25.7 Å². The Bertz CT molecular complexity index is 4130. The summed E-state index contributed by atoms with van der Waals surface area (Å²) in [6.07, 6.45) is -5.05. The summed E-state index contributed by atoms with van der Waals surface area (Å²) in [5.41, 5.74) is 17.7. The van der Waals surface area contributed by atoms with Crippen molar-refractivity contribution in [1.29, 1.82) is 0 Å². The first-order valence-electron chi connectivity index (χ1n) is 44.1. The second kappa shape index (κ2) is 55.2. The lowest BCUT2D eigenvalue weighted by molar-refractivity contribution is -0.148. The van der Waals surface area contributed by atoms with Crippen LogP contribution in [0.3, 0.4) is 0 Å². The van der Waals surface area contributed by atoms with Crippen molar-refractivity contribution in [3.8, 4) is 0 Å². The fourth-order valence-corrected chi connectivity index (χ4v) is 15.6. The van der Waals surface area contributed by atoms with Crippen LogP contribution < -0.4 is 86.3 Å². The van der Waals surface area contributed by atoms with Crippen LogP contribution in [0.4, 0.5) is 0 Å². The Morgan fingerprint density at radius 3 is 1.32 bits per heavy atom. The van der Waals surface area contributed by atoms with E-state index in [4.69, 9.17) is 17.2 Å². The van der Waals surface area contributed by atoms with Crippen LogP contribution >= 0.6 is 11.8 Å². The number of rotatable bonds is 56. The number of thioether (sulfide) groups is 1. The number of benzene rings is 1. The van der Waals surface area contributed by atoms with Crippen LogP contribution in [-0.2, 0) is 102 Å². The van der Waals surface area contributed by atoms with Gasteiger partial charge in [0.15, 0.2) is 0 Å². The topological polar surface area (TPSA) is 727 Å². The number of carboxylic acid groups (broad SMARTS) is 3. The number of carbonyl (C=O) groups excluding carboxylic acids is 17. The van der Waals surface area contributed by atoms with Gasteiger partial charge in [0, 0.05) is 32.5 Å². The number of nitrogens with zero attached hydrogens (tertiary/aromatic N) is 3. The number of aliphatic carboxylic acids is 3. The van der Waals surface area contributed by atoms with Gasteiger partial charge in [-0.1, -0.05) is 84.7 Å². The van der Waals surface area contributed by atoms with Crippen molar-refractivity contribution < 1.29 is 132 Å². The molecule has 0 aromatic heterocycles. The summed E-state index contributed by atoms with van der Waals surface area (Å²) in [6.45, 7) is 13.8. The monoisotopic (exact) mass is 1870 g/mol. The summed E-state index contributed by atoms with van der Waals surface area (Å²) >= 11 is 1.30. The van der Waals surface area contributed by atoms with Crippen LogP contribution in [0.5, 0.6) is 0 Å². The SMILES string of the molecule is CC[C@H](C)[C@H](NC(=O)[C@@H](N)CCCCN)C(=O)N[C@@H](CC(N)=O)C(=O)N[C@H](C(=O)N[C@@H](CCSC)C(=O)N1CCC[C@H]1C(=O)N1CCC[C@H]1C(=O)N[C@@H](Cc1ccccc1)C(=O)N[C@@H](CC(C)C)C(=O)N[C@@H](CC(=O)O)C(=O)N[C@H](C(=O)N[C@@H](CCC(=O)O)C(=O)N[C@@H](CC(C)C)C(=O)N[C@H](C(=O)N[C@@H](C)C(=O)N1CCC[C@H]1C(=O)N[C@@H](CO)C(=O)O)[C@@H](C)O)[C@@H](C)O)[C@@H](C)O. The Hall–Kier alpha value is -11.3. The molecule has 734 valence electrons. The molecule has 0 unspecified atom stereocenters. The van der Waals surface area contributed by atoms with E-state index in [-0.39, 0.29) is 89.6 Å². The highest BCUT2D eigenvalue weighted by atomic mass is 32.2. The third kappa shape index (κ3) is 35.7. The zero-order valence-electron chi connectivity index (χ0n) is 75.9. The molecule has 3 saturated heterocycles. The van der Waals surface area contributed by atoms with Gasteiger partial charge in [0.05, 0.1) is 43.8 Å². The average molecular weight is 1880 g/mol. The number of hydrogen-bond donors (Lipinski definition) is 23. The maximum atomic E-state index is 15.0. The lowest BCUT2D eigenvalue weighted by Gasteiger charge is -2.34. The lowest BCUT2D eigenvalue weighted by atomic mass is 9.97. The molecular weight excluding hydrogens is 1740 g/mol. The first kappa shape index (κ1) is 112. The molecule has 0 spiro atoms. The minimum absolute atomic E-state index is 0.00430. The second-order valence-electron chi connectivity index (χ2n) is 34.2. The van der Waals surface area contributed by atoms with Gasteiger partial charge in [0.25, 0.3) is 0 Å². The number of primary amides is 1. The van der Waals surface area contributed by atoms with Gasteiger partial charge in [-0.3, -0.25) is 91.1 Å². The fraction of sp³-hybridized carbons (Fsp3) is 0.690. The van der Waals surface area contributed by atoms with Crippen molar-refractivity contribution in [3.05, 3.63) is 35.9 Å². The maximum absolute atomic E-state index is 15.0. The smallest absolute Gasteiger partial charge is 0.328 e. The molecule has 4 rings (SSSR count). The molecule has 0 bridgehead atoms. The van der Waals surface area contributed by atoms with E-state index in [0.29, 0.717) is 37.8 Å².